The highest BCUT2D eigenvalue weighted by Crippen LogP contribution is 2.22. The number of alkyl halides is 1. The van der Waals surface area contributed by atoms with Crippen LogP contribution in [0, 0.1) is 0 Å². The Morgan fingerprint density at radius 2 is 2.21 bits per heavy atom. The third kappa shape index (κ3) is 3.59. The molecule has 1 fully saturated rings. The second-order valence-electron chi connectivity index (χ2n) is 3.91. The van der Waals surface area contributed by atoms with Crippen molar-refractivity contribution >= 4 is 21.4 Å². The Balaban J connectivity index is 2.41. The first kappa shape index (κ1) is 12.0. The van der Waals surface area contributed by atoms with Crippen LogP contribution in [0.3, 0.4) is 0 Å². The molecule has 82 valence electrons. The Morgan fingerprint density at radius 1 is 1.50 bits per heavy atom. The summed E-state index contributed by atoms with van der Waals surface area (Å²) in [7, 11) is -2.81. The topological polar surface area (TPSA) is 46.2 Å². The summed E-state index contributed by atoms with van der Waals surface area (Å²) in [5.74, 6) is 1.04. The predicted molar refractivity (Wildman–Crippen MR) is 59.5 cm³/mol. The lowest BCUT2D eigenvalue weighted by Crippen LogP contribution is -2.43. The van der Waals surface area contributed by atoms with Crippen molar-refractivity contribution in [3.63, 3.8) is 0 Å². The SMILES string of the molecule is CC1(NC/C=C/CCl)CCS(=O)(=O)C1. The highest BCUT2D eigenvalue weighted by molar-refractivity contribution is 7.91. The van der Waals surface area contributed by atoms with Crippen molar-refractivity contribution in [3.8, 4) is 0 Å². The van der Waals surface area contributed by atoms with Crippen molar-refractivity contribution in [1.82, 2.24) is 5.32 Å². The van der Waals surface area contributed by atoms with E-state index in [9.17, 15) is 8.42 Å². The molecule has 0 saturated carbocycles. The number of nitrogens with one attached hydrogen (secondary N) is 1. The fraction of sp³-hybridized carbons (Fsp3) is 0.778. The zero-order chi connectivity index (χ0) is 10.7. The van der Waals surface area contributed by atoms with E-state index in [2.05, 4.69) is 5.32 Å². The third-order valence-corrected chi connectivity index (χ3v) is 4.49. The van der Waals surface area contributed by atoms with Gasteiger partial charge in [0.05, 0.1) is 11.5 Å². The van der Waals surface area contributed by atoms with Crippen molar-refractivity contribution in [2.45, 2.75) is 18.9 Å². The van der Waals surface area contributed by atoms with E-state index in [0.717, 1.165) is 0 Å². The van der Waals surface area contributed by atoms with Gasteiger partial charge in [0, 0.05) is 18.0 Å². The van der Waals surface area contributed by atoms with Crippen LogP contribution in [0.1, 0.15) is 13.3 Å². The lowest BCUT2D eigenvalue weighted by Gasteiger charge is -2.22. The molecule has 1 aliphatic heterocycles. The van der Waals surface area contributed by atoms with E-state index in [1.165, 1.54) is 0 Å². The summed E-state index contributed by atoms with van der Waals surface area (Å²) in [6.07, 6.45) is 4.47. The molecule has 0 aromatic heterocycles. The second kappa shape index (κ2) is 4.64. The van der Waals surface area contributed by atoms with Gasteiger partial charge < -0.3 is 5.32 Å². The first-order valence-electron chi connectivity index (χ1n) is 4.64. The van der Waals surface area contributed by atoms with Crippen LogP contribution in [0.2, 0.25) is 0 Å². The van der Waals surface area contributed by atoms with Gasteiger partial charge in [-0.05, 0) is 13.3 Å². The van der Waals surface area contributed by atoms with E-state index in [4.69, 9.17) is 11.6 Å². The average Bonchev–Trinajstić information content (AvgIpc) is 2.36. The molecule has 0 spiro atoms. The Labute approximate surface area is 90.4 Å². The molecule has 1 aliphatic rings. The molecular formula is C9H16ClNO2S. The Hall–Kier alpha value is -0.0600. The van der Waals surface area contributed by atoms with Crippen LogP contribution < -0.4 is 5.32 Å². The molecule has 1 heterocycles. The molecule has 1 atom stereocenters. The molecule has 0 aromatic rings. The van der Waals surface area contributed by atoms with Crippen molar-refractivity contribution < 1.29 is 8.42 Å². The first-order valence-corrected chi connectivity index (χ1v) is 6.99. The lowest BCUT2D eigenvalue weighted by atomic mass is 10.0. The van der Waals surface area contributed by atoms with Crippen LogP contribution in [-0.4, -0.2) is 37.9 Å². The van der Waals surface area contributed by atoms with Gasteiger partial charge >= 0.3 is 0 Å². The molecule has 0 amide bonds. The summed E-state index contributed by atoms with van der Waals surface area (Å²) in [5.41, 5.74) is -0.254. The third-order valence-electron chi connectivity index (χ3n) is 2.41. The summed E-state index contributed by atoms with van der Waals surface area (Å²) >= 11 is 5.47. The maximum absolute atomic E-state index is 11.3. The lowest BCUT2D eigenvalue weighted by molar-refractivity contribution is 0.417. The molecule has 1 rings (SSSR count). The molecule has 3 nitrogen and oxygen atoms in total. The van der Waals surface area contributed by atoms with Gasteiger partial charge in [-0.25, -0.2) is 8.42 Å². The maximum Gasteiger partial charge on any atom is 0.152 e. The van der Waals surface area contributed by atoms with Gasteiger partial charge in [0.25, 0.3) is 0 Å². The summed E-state index contributed by atoms with van der Waals surface area (Å²) < 4.78 is 22.5. The average molecular weight is 238 g/mol. The number of rotatable bonds is 4. The molecule has 14 heavy (non-hydrogen) atoms. The van der Waals surface area contributed by atoms with Gasteiger partial charge in [-0.1, -0.05) is 12.2 Å². The zero-order valence-electron chi connectivity index (χ0n) is 8.29. The smallest absolute Gasteiger partial charge is 0.152 e. The summed E-state index contributed by atoms with van der Waals surface area (Å²) in [6, 6.07) is 0. The van der Waals surface area contributed by atoms with Gasteiger partial charge in [0.1, 0.15) is 0 Å². The van der Waals surface area contributed by atoms with Crippen LogP contribution in [0.15, 0.2) is 12.2 Å². The molecule has 1 N–H and O–H groups in total. The van der Waals surface area contributed by atoms with Gasteiger partial charge in [-0.3, -0.25) is 0 Å². The van der Waals surface area contributed by atoms with Crippen LogP contribution >= 0.6 is 11.6 Å². The summed E-state index contributed by atoms with van der Waals surface area (Å²) in [6.45, 7) is 2.63. The largest absolute Gasteiger partial charge is 0.307 e. The summed E-state index contributed by atoms with van der Waals surface area (Å²) in [5, 5.41) is 3.22. The van der Waals surface area contributed by atoms with Gasteiger partial charge in [-0.2, -0.15) is 0 Å². The number of allylic oxidation sites excluding steroid dienone is 1. The number of hydrogen-bond donors (Lipinski definition) is 1. The normalized spacial score (nSPS) is 31.3. The Morgan fingerprint density at radius 3 is 2.71 bits per heavy atom. The zero-order valence-corrected chi connectivity index (χ0v) is 9.87. The minimum Gasteiger partial charge on any atom is -0.307 e. The molecule has 0 aromatic carbocycles. The van der Waals surface area contributed by atoms with E-state index in [-0.39, 0.29) is 11.3 Å². The Bertz CT molecular complexity index is 313. The van der Waals surface area contributed by atoms with Crippen LogP contribution in [0.5, 0.6) is 0 Å². The van der Waals surface area contributed by atoms with E-state index >= 15 is 0 Å². The molecule has 0 aliphatic carbocycles. The van der Waals surface area contributed by atoms with Crippen LogP contribution in [0.4, 0.5) is 0 Å². The quantitative estimate of drug-likeness (QED) is 0.585. The van der Waals surface area contributed by atoms with Crippen molar-refractivity contribution in [2.24, 2.45) is 0 Å². The minimum absolute atomic E-state index is 0.245. The molecule has 5 heteroatoms. The number of sulfone groups is 1. The van der Waals surface area contributed by atoms with Crippen LogP contribution in [-0.2, 0) is 9.84 Å². The van der Waals surface area contributed by atoms with E-state index in [1.54, 1.807) is 0 Å². The van der Waals surface area contributed by atoms with E-state index in [0.29, 0.717) is 24.6 Å². The van der Waals surface area contributed by atoms with Crippen LogP contribution in [0.25, 0.3) is 0 Å². The molecule has 1 unspecified atom stereocenters. The predicted octanol–water partition coefficient (Wildman–Crippen LogP) is 0.948. The van der Waals surface area contributed by atoms with Gasteiger partial charge in [0.15, 0.2) is 9.84 Å². The Kier molecular flexibility index (Phi) is 3.98. The van der Waals surface area contributed by atoms with E-state index < -0.39 is 9.84 Å². The highest BCUT2D eigenvalue weighted by atomic mass is 35.5. The molecule has 1 saturated heterocycles. The molecule has 0 bridgehead atoms. The van der Waals surface area contributed by atoms with Gasteiger partial charge in [0.2, 0.25) is 0 Å². The fourth-order valence-corrected chi connectivity index (χ4v) is 3.85. The van der Waals surface area contributed by atoms with Gasteiger partial charge in [-0.15, -0.1) is 11.6 Å². The number of halogens is 1. The maximum atomic E-state index is 11.3. The standard InChI is InChI=1S/C9H16ClNO2S/c1-9(11-6-3-2-5-10)4-7-14(12,13)8-9/h2-3,11H,4-8H2,1H3/b3-2+. The second-order valence-corrected chi connectivity index (χ2v) is 6.40. The monoisotopic (exact) mass is 237 g/mol. The first-order chi connectivity index (χ1) is 6.47. The minimum atomic E-state index is -2.81. The van der Waals surface area contributed by atoms with Crippen molar-refractivity contribution in [1.29, 1.82) is 0 Å². The van der Waals surface area contributed by atoms with Crippen molar-refractivity contribution in [2.75, 3.05) is 23.9 Å². The fourth-order valence-electron chi connectivity index (χ4n) is 1.60. The van der Waals surface area contributed by atoms with E-state index in [1.807, 2.05) is 19.1 Å². The highest BCUT2D eigenvalue weighted by Gasteiger charge is 2.37. The molecular weight excluding hydrogens is 222 g/mol. The number of hydrogen-bond acceptors (Lipinski definition) is 3. The van der Waals surface area contributed by atoms with Crippen molar-refractivity contribution in [3.05, 3.63) is 12.2 Å². The summed E-state index contributed by atoms with van der Waals surface area (Å²) in [4.78, 5) is 0. The molecule has 0 radical (unpaired) electrons.